The largest absolute Gasteiger partial charge is 0.297 e. The molecule has 0 unspecified atom stereocenters. The first-order chi connectivity index (χ1) is 12.2. The van der Waals surface area contributed by atoms with Crippen LogP contribution in [0.4, 0.5) is 10.8 Å². The van der Waals surface area contributed by atoms with E-state index in [-0.39, 0.29) is 18.2 Å². The number of anilines is 2. The second kappa shape index (κ2) is 6.76. The Bertz CT molecular complexity index is 821. The van der Waals surface area contributed by atoms with Crippen molar-refractivity contribution < 1.29 is 9.59 Å². The standard InChI is InChI=1S/C18H18N4O2S/c23-16-11-10-14(21-22(16)12-6-2-1-3-7-12)17(24)20-18-19-13-8-4-5-9-15(13)25-18/h1-3,6-7H,4-5,8-11H2,(H,19,20,24). The minimum Gasteiger partial charge on any atom is -0.297 e. The highest BCUT2D eigenvalue weighted by molar-refractivity contribution is 7.16. The summed E-state index contributed by atoms with van der Waals surface area (Å²) >= 11 is 1.55. The van der Waals surface area contributed by atoms with Gasteiger partial charge in [-0.1, -0.05) is 18.2 Å². The Labute approximate surface area is 149 Å². The van der Waals surface area contributed by atoms with Gasteiger partial charge in [0.05, 0.1) is 11.4 Å². The maximum absolute atomic E-state index is 12.6. The summed E-state index contributed by atoms with van der Waals surface area (Å²) in [5.41, 5.74) is 2.14. The molecule has 2 aromatic rings. The van der Waals surface area contributed by atoms with Gasteiger partial charge in [0.15, 0.2) is 5.13 Å². The average molecular weight is 354 g/mol. The molecule has 0 radical (unpaired) electrons. The Morgan fingerprint density at radius 3 is 2.68 bits per heavy atom. The maximum Gasteiger partial charge on any atom is 0.273 e. The van der Waals surface area contributed by atoms with Gasteiger partial charge < -0.3 is 0 Å². The van der Waals surface area contributed by atoms with Crippen molar-refractivity contribution in [2.45, 2.75) is 38.5 Å². The summed E-state index contributed by atoms with van der Waals surface area (Å²) in [5.74, 6) is -0.382. The van der Waals surface area contributed by atoms with E-state index in [2.05, 4.69) is 15.4 Å². The van der Waals surface area contributed by atoms with Crippen LogP contribution in [0.2, 0.25) is 0 Å². The number of carbonyl (C=O) groups excluding carboxylic acids is 2. The van der Waals surface area contributed by atoms with Crippen molar-refractivity contribution in [1.82, 2.24) is 4.98 Å². The molecule has 128 valence electrons. The van der Waals surface area contributed by atoms with Crippen LogP contribution in [0.1, 0.15) is 36.3 Å². The van der Waals surface area contributed by atoms with E-state index in [1.807, 2.05) is 18.2 Å². The zero-order chi connectivity index (χ0) is 17.2. The number of fused-ring (bicyclic) bond motifs is 1. The Balaban J connectivity index is 1.53. The molecule has 0 saturated heterocycles. The van der Waals surface area contributed by atoms with Crippen molar-refractivity contribution >= 4 is 39.7 Å². The fourth-order valence-electron chi connectivity index (χ4n) is 3.06. The predicted molar refractivity (Wildman–Crippen MR) is 98.0 cm³/mol. The molecule has 1 aromatic heterocycles. The third-order valence-electron chi connectivity index (χ3n) is 4.36. The number of aromatic nitrogens is 1. The van der Waals surface area contributed by atoms with E-state index < -0.39 is 0 Å². The van der Waals surface area contributed by atoms with Crippen molar-refractivity contribution in [2.24, 2.45) is 5.10 Å². The molecule has 0 fully saturated rings. The number of para-hydroxylation sites is 1. The molecule has 0 atom stereocenters. The van der Waals surface area contributed by atoms with E-state index in [0.717, 1.165) is 25.0 Å². The molecule has 0 bridgehead atoms. The molecule has 25 heavy (non-hydrogen) atoms. The van der Waals surface area contributed by atoms with Crippen LogP contribution >= 0.6 is 11.3 Å². The van der Waals surface area contributed by atoms with Crippen molar-refractivity contribution in [3.8, 4) is 0 Å². The topological polar surface area (TPSA) is 74.7 Å². The second-order valence-electron chi connectivity index (χ2n) is 6.14. The number of benzene rings is 1. The fraction of sp³-hybridized carbons (Fsp3) is 0.333. The molecule has 1 N–H and O–H groups in total. The van der Waals surface area contributed by atoms with Gasteiger partial charge in [-0.05, 0) is 37.8 Å². The molecule has 0 saturated carbocycles. The minimum atomic E-state index is -0.278. The zero-order valence-corrected chi connectivity index (χ0v) is 14.5. The first kappa shape index (κ1) is 16.0. The highest BCUT2D eigenvalue weighted by Crippen LogP contribution is 2.29. The zero-order valence-electron chi connectivity index (χ0n) is 13.7. The van der Waals surface area contributed by atoms with Gasteiger partial charge in [0.25, 0.3) is 5.91 Å². The number of hydrogen-bond donors (Lipinski definition) is 1. The second-order valence-corrected chi connectivity index (χ2v) is 7.22. The highest BCUT2D eigenvalue weighted by atomic mass is 32.1. The van der Waals surface area contributed by atoms with E-state index in [0.29, 0.717) is 23.0 Å². The number of hydrazone groups is 1. The van der Waals surface area contributed by atoms with E-state index in [1.54, 1.807) is 23.5 Å². The molecule has 2 heterocycles. The van der Waals surface area contributed by atoms with Gasteiger partial charge in [0.2, 0.25) is 5.91 Å². The van der Waals surface area contributed by atoms with Crippen LogP contribution in [-0.4, -0.2) is 22.5 Å². The summed E-state index contributed by atoms with van der Waals surface area (Å²) < 4.78 is 0. The number of thiazole rings is 1. The van der Waals surface area contributed by atoms with Crippen molar-refractivity contribution in [3.63, 3.8) is 0 Å². The Hall–Kier alpha value is -2.54. The van der Waals surface area contributed by atoms with Gasteiger partial charge in [-0.15, -0.1) is 11.3 Å². The molecule has 2 amide bonds. The van der Waals surface area contributed by atoms with Gasteiger partial charge in [0, 0.05) is 17.7 Å². The van der Waals surface area contributed by atoms with Crippen molar-refractivity contribution in [1.29, 1.82) is 0 Å². The number of amides is 2. The van der Waals surface area contributed by atoms with Crippen LogP contribution in [-0.2, 0) is 22.4 Å². The first-order valence-corrected chi connectivity index (χ1v) is 9.28. The Morgan fingerprint density at radius 2 is 1.88 bits per heavy atom. The molecule has 0 spiro atoms. The summed E-state index contributed by atoms with van der Waals surface area (Å²) in [7, 11) is 0. The third-order valence-corrected chi connectivity index (χ3v) is 5.43. The Morgan fingerprint density at radius 1 is 1.08 bits per heavy atom. The van der Waals surface area contributed by atoms with E-state index in [1.165, 1.54) is 16.3 Å². The van der Waals surface area contributed by atoms with Gasteiger partial charge in [-0.2, -0.15) is 5.10 Å². The van der Waals surface area contributed by atoms with E-state index in [9.17, 15) is 9.59 Å². The molecular formula is C18H18N4O2S. The predicted octanol–water partition coefficient (Wildman–Crippen LogP) is 3.14. The lowest BCUT2D eigenvalue weighted by molar-refractivity contribution is -0.118. The number of carbonyl (C=O) groups is 2. The van der Waals surface area contributed by atoms with E-state index >= 15 is 0 Å². The minimum absolute atomic E-state index is 0.104. The number of rotatable bonds is 3. The molecule has 6 nitrogen and oxygen atoms in total. The number of aryl methyl sites for hydroxylation is 2. The van der Waals surface area contributed by atoms with Crippen LogP contribution in [0.25, 0.3) is 0 Å². The van der Waals surface area contributed by atoms with Gasteiger partial charge in [-0.25, -0.2) is 9.99 Å². The monoisotopic (exact) mass is 354 g/mol. The SMILES string of the molecule is O=C(Nc1nc2c(s1)CCCC2)C1=NN(c2ccccc2)C(=O)CC1. The number of hydrogen-bond acceptors (Lipinski definition) is 5. The van der Waals surface area contributed by atoms with E-state index in [4.69, 9.17) is 0 Å². The summed E-state index contributed by atoms with van der Waals surface area (Å²) in [4.78, 5) is 30.5. The van der Waals surface area contributed by atoms with Crippen LogP contribution in [0, 0.1) is 0 Å². The lowest BCUT2D eigenvalue weighted by atomic mass is 10.0. The third kappa shape index (κ3) is 3.32. The molecule has 2 aliphatic rings. The summed E-state index contributed by atoms with van der Waals surface area (Å²) in [5, 5.41) is 9.07. The molecule has 7 heteroatoms. The summed E-state index contributed by atoms with van der Waals surface area (Å²) in [6, 6.07) is 9.16. The summed E-state index contributed by atoms with van der Waals surface area (Å²) in [6.45, 7) is 0. The van der Waals surface area contributed by atoms with Crippen molar-refractivity contribution in [3.05, 3.63) is 40.9 Å². The lowest BCUT2D eigenvalue weighted by Gasteiger charge is -2.22. The van der Waals surface area contributed by atoms with Gasteiger partial charge in [0.1, 0.15) is 5.71 Å². The molecule has 1 aliphatic heterocycles. The maximum atomic E-state index is 12.6. The van der Waals surface area contributed by atoms with Crippen molar-refractivity contribution in [2.75, 3.05) is 10.3 Å². The fourth-order valence-corrected chi connectivity index (χ4v) is 4.11. The smallest absolute Gasteiger partial charge is 0.273 e. The van der Waals surface area contributed by atoms with Gasteiger partial charge >= 0.3 is 0 Å². The molecule has 4 rings (SSSR count). The quantitative estimate of drug-likeness (QED) is 0.920. The number of nitrogens with one attached hydrogen (secondary N) is 1. The average Bonchev–Trinajstić information content (AvgIpc) is 3.05. The van der Waals surface area contributed by atoms with Crippen LogP contribution < -0.4 is 10.3 Å². The molecule has 1 aromatic carbocycles. The van der Waals surface area contributed by atoms with Gasteiger partial charge in [-0.3, -0.25) is 14.9 Å². The van der Waals surface area contributed by atoms with Crippen LogP contribution in [0.15, 0.2) is 35.4 Å². The van der Waals surface area contributed by atoms with Crippen LogP contribution in [0.5, 0.6) is 0 Å². The molecule has 1 aliphatic carbocycles. The normalized spacial score (nSPS) is 17.0. The number of nitrogens with zero attached hydrogens (tertiary/aromatic N) is 3. The first-order valence-electron chi connectivity index (χ1n) is 8.46. The Kier molecular flexibility index (Phi) is 4.31. The summed E-state index contributed by atoms with van der Waals surface area (Å²) in [6.07, 6.45) is 4.99. The van der Waals surface area contributed by atoms with Crippen LogP contribution in [0.3, 0.4) is 0 Å². The molecular weight excluding hydrogens is 336 g/mol. The highest BCUT2D eigenvalue weighted by Gasteiger charge is 2.26. The lowest BCUT2D eigenvalue weighted by Crippen LogP contribution is -2.36.